The van der Waals surface area contributed by atoms with Crippen molar-refractivity contribution in [3.05, 3.63) is 0 Å². The van der Waals surface area contributed by atoms with Gasteiger partial charge in [-0.15, -0.1) is 0 Å². The first-order chi connectivity index (χ1) is 30.3. The smallest absolute Gasteiger partial charge is 0.408 e. The highest BCUT2D eigenvalue weighted by Crippen LogP contribution is 2.34. The summed E-state index contributed by atoms with van der Waals surface area (Å²) in [6.07, 6.45) is -18.1. The van der Waals surface area contributed by atoms with Gasteiger partial charge in [-0.2, -0.15) is 0 Å². The molecule has 1 aliphatic carbocycles. The summed E-state index contributed by atoms with van der Waals surface area (Å²) < 4.78 is 46.5. The molecule has 6 unspecified atom stereocenters. The van der Waals surface area contributed by atoms with Gasteiger partial charge in [0, 0.05) is 6.54 Å². The Balaban J connectivity index is 2.07. The normalized spacial score (nSPS) is 31.3. The Morgan fingerprint density at radius 3 is 1.58 bits per heavy atom. The van der Waals surface area contributed by atoms with E-state index in [1.54, 1.807) is 83.1 Å². The van der Waals surface area contributed by atoms with Gasteiger partial charge in [-0.1, -0.05) is 6.92 Å². The average Bonchev–Trinajstić information content (AvgIpc) is 3.14. The summed E-state index contributed by atoms with van der Waals surface area (Å²) in [5.74, 6) is -0.997. The molecule has 23 heteroatoms. The first-order valence-electron chi connectivity index (χ1n) is 22.5. The van der Waals surface area contributed by atoms with Crippen LogP contribution in [0.1, 0.15) is 122 Å². The molecule has 3 fully saturated rings. The first-order valence-corrected chi connectivity index (χ1v) is 22.5. The third kappa shape index (κ3) is 18.4. The minimum atomic E-state index is -1.91. The minimum Gasteiger partial charge on any atom is -0.444 e. The zero-order valence-corrected chi connectivity index (χ0v) is 40.6. The number of aliphatic hydroxyl groups excluding tert-OH is 5. The van der Waals surface area contributed by atoms with Crippen molar-refractivity contribution in [1.29, 1.82) is 0 Å². The van der Waals surface area contributed by atoms with Crippen LogP contribution >= 0.6 is 0 Å². The summed E-state index contributed by atoms with van der Waals surface area (Å²) in [5, 5.41) is 69.3. The van der Waals surface area contributed by atoms with Gasteiger partial charge in [0.05, 0.1) is 36.9 Å². The molecular formula is C43H77N5O18. The van der Waals surface area contributed by atoms with Gasteiger partial charge < -0.3 is 90.0 Å². The van der Waals surface area contributed by atoms with Gasteiger partial charge in [0.2, 0.25) is 5.91 Å². The zero-order valence-electron chi connectivity index (χ0n) is 40.6. The maximum absolute atomic E-state index is 13.7. The van der Waals surface area contributed by atoms with E-state index in [2.05, 4.69) is 26.6 Å². The summed E-state index contributed by atoms with van der Waals surface area (Å²) >= 11 is 0. The van der Waals surface area contributed by atoms with Gasteiger partial charge >= 0.3 is 24.4 Å². The Morgan fingerprint density at radius 2 is 1.08 bits per heavy atom. The van der Waals surface area contributed by atoms with Crippen molar-refractivity contribution in [1.82, 2.24) is 26.6 Å². The highest BCUT2D eigenvalue weighted by molar-refractivity contribution is 5.81. The highest BCUT2D eigenvalue weighted by atomic mass is 16.7. The molecule has 382 valence electrons. The van der Waals surface area contributed by atoms with E-state index in [9.17, 15) is 49.5 Å². The van der Waals surface area contributed by atoms with Gasteiger partial charge in [0.1, 0.15) is 65.1 Å². The lowest BCUT2D eigenvalue weighted by Crippen LogP contribution is -2.70. The lowest BCUT2D eigenvalue weighted by Gasteiger charge is -2.49. The van der Waals surface area contributed by atoms with Crippen LogP contribution in [0.25, 0.3) is 0 Å². The van der Waals surface area contributed by atoms with Crippen molar-refractivity contribution < 1.29 is 87.4 Å². The van der Waals surface area contributed by atoms with Crippen molar-refractivity contribution in [2.24, 2.45) is 0 Å². The lowest BCUT2D eigenvalue weighted by atomic mass is 9.83. The molecule has 3 aliphatic rings. The predicted octanol–water partition coefficient (Wildman–Crippen LogP) is 1.32. The van der Waals surface area contributed by atoms with Crippen LogP contribution in [0.4, 0.5) is 19.2 Å². The highest BCUT2D eigenvalue weighted by Gasteiger charge is 2.53. The van der Waals surface area contributed by atoms with Crippen molar-refractivity contribution >= 4 is 30.3 Å². The molecule has 0 aromatic carbocycles. The fourth-order valence-electron chi connectivity index (χ4n) is 7.34. The molecule has 0 aromatic rings. The second kappa shape index (κ2) is 23.5. The second-order valence-corrected chi connectivity index (χ2v) is 20.8. The number of hydrogen-bond donors (Lipinski definition) is 10. The minimum absolute atomic E-state index is 0.187. The molecule has 0 spiro atoms. The number of rotatable bonds is 14. The number of carbonyl (C=O) groups excluding carboxylic acids is 5. The summed E-state index contributed by atoms with van der Waals surface area (Å²) in [6, 6.07) is -5.00. The summed E-state index contributed by atoms with van der Waals surface area (Å²) in [6.45, 7) is 20.6. The molecule has 23 nitrogen and oxygen atoms in total. The molecule has 2 saturated heterocycles. The lowest BCUT2D eigenvalue weighted by molar-refractivity contribution is -0.316. The van der Waals surface area contributed by atoms with Crippen molar-refractivity contribution in [3.8, 4) is 0 Å². The molecule has 5 amide bonds. The fourth-order valence-corrected chi connectivity index (χ4v) is 7.34. The van der Waals surface area contributed by atoms with E-state index < -0.39 is 139 Å². The standard InChI is InChI=1S/C43H77N5O18/c1-14-21-15-16-22(46-37(56)64-41(5,6)7)34(59-21)61-32-24(47-38(57)65-42(8,9)10)19-23(45-33(54)25(50)17-18-44-36(55)63-40(2,3)4)31(30(32)53)62-35-29(52)27(28(51)26(20-49)60-35)48-39(58)66-43(11,12)13/h21-32,34-35,49-53H,14-20H2,1-13H3,(H,44,55)(H,45,54)(H,46,56)(H,47,57)(H,48,58)/t21?,22?,23-,24+,25+,26?,27+,28+,29?,30?,31-,32?,34+,35+/m1/s1. The van der Waals surface area contributed by atoms with E-state index in [0.29, 0.717) is 19.3 Å². The molecular weight excluding hydrogens is 874 g/mol. The van der Waals surface area contributed by atoms with E-state index in [4.69, 9.17) is 37.9 Å². The van der Waals surface area contributed by atoms with E-state index >= 15 is 0 Å². The molecule has 10 N–H and O–H groups in total. The van der Waals surface area contributed by atoms with Gasteiger partial charge in [0.25, 0.3) is 0 Å². The maximum atomic E-state index is 13.7. The Hall–Kier alpha value is -3.81. The number of hydrogen-bond acceptors (Lipinski definition) is 18. The number of nitrogens with one attached hydrogen (secondary N) is 5. The molecule has 2 aliphatic heterocycles. The molecule has 66 heavy (non-hydrogen) atoms. The zero-order chi connectivity index (χ0) is 50.1. The Kier molecular flexibility index (Phi) is 20.1. The average molecular weight is 952 g/mol. The molecule has 14 atom stereocenters. The fraction of sp³-hybridized carbons (Fsp3) is 0.884. The molecule has 0 radical (unpaired) electrons. The molecule has 3 rings (SSSR count). The molecule has 1 saturated carbocycles. The van der Waals surface area contributed by atoms with Crippen molar-refractivity contribution in [2.75, 3.05) is 13.2 Å². The van der Waals surface area contributed by atoms with E-state index in [-0.39, 0.29) is 25.5 Å². The number of carbonyl (C=O) groups is 5. The van der Waals surface area contributed by atoms with Gasteiger partial charge in [0.15, 0.2) is 12.6 Å². The number of ether oxygens (including phenoxy) is 8. The maximum Gasteiger partial charge on any atom is 0.408 e. The van der Waals surface area contributed by atoms with Gasteiger partial charge in [-0.05, 0) is 115 Å². The SMILES string of the molecule is CCC1CCC(NC(=O)OC(C)(C)C)[C@H](OC2C(O)[C@H](O[C@@H]3OC(CO)[C@H](O)[C@H](NC(=O)OC(C)(C)C)C3O)[C@H](NC(=O)[C@@H](O)CCNC(=O)OC(C)(C)C)C[C@@H]2NC(=O)OC(C)(C)C)O1. The Labute approximate surface area is 386 Å². The molecule has 0 aromatic heterocycles. The first kappa shape index (κ1) is 56.5. The Morgan fingerprint density at radius 1 is 0.606 bits per heavy atom. The summed E-state index contributed by atoms with van der Waals surface area (Å²) in [7, 11) is 0. The van der Waals surface area contributed by atoms with E-state index in [0.717, 1.165) is 0 Å². The number of alkyl carbamates (subject to hydrolysis) is 4. The van der Waals surface area contributed by atoms with Crippen LogP contribution in [0, 0.1) is 0 Å². The van der Waals surface area contributed by atoms with Crippen molar-refractivity contribution in [2.45, 2.75) is 230 Å². The third-order valence-corrected chi connectivity index (χ3v) is 10.2. The van der Waals surface area contributed by atoms with Crippen LogP contribution in [-0.4, -0.2) is 177 Å². The van der Waals surface area contributed by atoms with Gasteiger partial charge in [-0.25, -0.2) is 19.2 Å². The number of amides is 5. The van der Waals surface area contributed by atoms with Crippen LogP contribution in [0.2, 0.25) is 0 Å². The second-order valence-electron chi connectivity index (χ2n) is 20.8. The molecule has 2 heterocycles. The van der Waals surface area contributed by atoms with Crippen LogP contribution in [0.5, 0.6) is 0 Å². The van der Waals surface area contributed by atoms with E-state index in [1.807, 2.05) is 6.92 Å². The summed E-state index contributed by atoms with van der Waals surface area (Å²) in [4.78, 5) is 65.3. The topological polar surface area (TPSA) is 320 Å². The van der Waals surface area contributed by atoms with Gasteiger partial charge in [-0.3, -0.25) is 4.79 Å². The van der Waals surface area contributed by atoms with Crippen LogP contribution in [0.15, 0.2) is 0 Å². The summed E-state index contributed by atoms with van der Waals surface area (Å²) in [5.41, 5.74) is -3.63. The third-order valence-electron chi connectivity index (χ3n) is 10.2. The van der Waals surface area contributed by atoms with Crippen LogP contribution in [0.3, 0.4) is 0 Å². The van der Waals surface area contributed by atoms with Crippen molar-refractivity contribution in [3.63, 3.8) is 0 Å². The molecule has 0 bridgehead atoms. The Bertz CT molecular complexity index is 1610. The monoisotopic (exact) mass is 952 g/mol. The van der Waals surface area contributed by atoms with Crippen LogP contribution in [-0.2, 0) is 42.7 Å². The predicted molar refractivity (Wildman–Crippen MR) is 233 cm³/mol. The number of aliphatic hydroxyl groups is 5. The largest absolute Gasteiger partial charge is 0.444 e. The quantitative estimate of drug-likeness (QED) is 0.110. The van der Waals surface area contributed by atoms with E-state index in [1.165, 1.54) is 0 Å². The van der Waals surface area contributed by atoms with Crippen LogP contribution < -0.4 is 26.6 Å².